The van der Waals surface area contributed by atoms with Gasteiger partial charge in [0.1, 0.15) is 5.75 Å². The van der Waals surface area contributed by atoms with E-state index in [2.05, 4.69) is 23.3 Å². The molecular weight excluding hydrogens is 264 g/mol. The van der Waals surface area contributed by atoms with Crippen LogP contribution in [0, 0.1) is 13.8 Å². The van der Waals surface area contributed by atoms with E-state index >= 15 is 0 Å². The molecule has 2 rings (SSSR count). The van der Waals surface area contributed by atoms with Crippen molar-refractivity contribution >= 4 is 5.91 Å². The van der Waals surface area contributed by atoms with Gasteiger partial charge in [-0.05, 0) is 65.4 Å². The Labute approximate surface area is 127 Å². The zero-order valence-corrected chi connectivity index (χ0v) is 13.5. The number of nitrogens with zero attached hydrogens (tertiary/aromatic N) is 1. The van der Waals surface area contributed by atoms with Crippen molar-refractivity contribution in [2.75, 3.05) is 20.1 Å². The highest BCUT2D eigenvalue weighted by Crippen LogP contribution is 2.20. The highest BCUT2D eigenvalue weighted by atomic mass is 16.5. The summed E-state index contributed by atoms with van der Waals surface area (Å²) in [7, 11) is 2.12. The third-order valence-electron chi connectivity index (χ3n) is 4.07. The second-order valence-electron chi connectivity index (χ2n) is 6.12. The van der Waals surface area contributed by atoms with E-state index < -0.39 is 6.10 Å². The molecule has 1 N–H and O–H groups in total. The number of hydrogen-bond acceptors (Lipinski definition) is 3. The summed E-state index contributed by atoms with van der Waals surface area (Å²) >= 11 is 0. The summed E-state index contributed by atoms with van der Waals surface area (Å²) in [5.41, 5.74) is 2.26. The lowest BCUT2D eigenvalue weighted by molar-refractivity contribution is -0.128. The lowest BCUT2D eigenvalue weighted by Gasteiger charge is -2.30. The summed E-state index contributed by atoms with van der Waals surface area (Å²) in [5.74, 6) is 0.760. The Bertz CT molecular complexity index is 494. The van der Waals surface area contributed by atoms with Crippen LogP contribution in [0.15, 0.2) is 18.2 Å². The fourth-order valence-electron chi connectivity index (χ4n) is 2.65. The Morgan fingerprint density at radius 3 is 2.62 bits per heavy atom. The first-order chi connectivity index (χ1) is 9.95. The molecule has 0 aliphatic carbocycles. The number of rotatable bonds is 4. The zero-order valence-electron chi connectivity index (χ0n) is 13.5. The van der Waals surface area contributed by atoms with Gasteiger partial charge >= 0.3 is 0 Å². The zero-order chi connectivity index (χ0) is 15.4. The van der Waals surface area contributed by atoms with E-state index in [1.54, 1.807) is 0 Å². The number of ether oxygens (including phenoxy) is 1. The van der Waals surface area contributed by atoms with Crippen LogP contribution in [-0.4, -0.2) is 43.1 Å². The van der Waals surface area contributed by atoms with Gasteiger partial charge < -0.3 is 15.0 Å². The summed E-state index contributed by atoms with van der Waals surface area (Å²) in [6.45, 7) is 7.94. The quantitative estimate of drug-likeness (QED) is 0.925. The maximum absolute atomic E-state index is 12.2. The number of hydrogen-bond donors (Lipinski definition) is 1. The maximum Gasteiger partial charge on any atom is 0.260 e. The Kier molecular flexibility index (Phi) is 5.23. The average Bonchev–Trinajstić information content (AvgIpc) is 2.44. The first-order valence-corrected chi connectivity index (χ1v) is 7.68. The number of carbonyl (C=O) groups is 1. The third-order valence-corrected chi connectivity index (χ3v) is 4.07. The normalized spacial score (nSPS) is 18.3. The fraction of sp³-hybridized carbons (Fsp3) is 0.588. The number of nitrogens with one attached hydrogen (secondary N) is 1. The molecule has 1 amide bonds. The fourth-order valence-corrected chi connectivity index (χ4v) is 2.65. The van der Waals surface area contributed by atoms with E-state index in [1.807, 2.05) is 32.9 Å². The van der Waals surface area contributed by atoms with Gasteiger partial charge in [-0.2, -0.15) is 0 Å². The minimum atomic E-state index is -0.467. The molecule has 0 bridgehead atoms. The molecule has 0 radical (unpaired) electrons. The van der Waals surface area contributed by atoms with Gasteiger partial charge in [-0.3, -0.25) is 4.79 Å². The van der Waals surface area contributed by atoms with Crippen molar-refractivity contribution in [2.45, 2.75) is 45.8 Å². The molecule has 1 aromatic carbocycles. The van der Waals surface area contributed by atoms with E-state index in [-0.39, 0.29) is 11.9 Å². The molecule has 4 heteroatoms. The monoisotopic (exact) mass is 290 g/mol. The number of benzene rings is 1. The van der Waals surface area contributed by atoms with Crippen molar-refractivity contribution in [1.82, 2.24) is 10.2 Å². The Morgan fingerprint density at radius 1 is 1.33 bits per heavy atom. The van der Waals surface area contributed by atoms with Crippen LogP contribution >= 0.6 is 0 Å². The molecule has 1 unspecified atom stereocenters. The van der Waals surface area contributed by atoms with E-state index in [4.69, 9.17) is 4.74 Å². The minimum absolute atomic E-state index is 0.0236. The van der Waals surface area contributed by atoms with Gasteiger partial charge in [0, 0.05) is 6.04 Å². The predicted octanol–water partition coefficient (Wildman–Crippen LogP) is 2.28. The first kappa shape index (κ1) is 15.8. The summed E-state index contributed by atoms with van der Waals surface area (Å²) < 4.78 is 5.80. The van der Waals surface area contributed by atoms with Gasteiger partial charge in [-0.15, -0.1) is 0 Å². The summed E-state index contributed by atoms with van der Waals surface area (Å²) in [6, 6.07) is 6.28. The SMILES string of the molecule is Cc1ccc(OC(C)C(=O)NC2CCN(C)CC2)c(C)c1. The molecule has 1 aliphatic heterocycles. The lowest BCUT2D eigenvalue weighted by atomic mass is 10.1. The van der Waals surface area contributed by atoms with Crippen molar-refractivity contribution in [3.05, 3.63) is 29.3 Å². The standard InChI is InChI=1S/C17H26N2O2/c1-12-5-6-16(13(2)11-12)21-14(3)17(20)18-15-7-9-19(4)10-8-15/h5-6,11,14-15H,7-10H2,1-4H3,(H,18,20). The summed E-state index contributed by atoms with van der Waals surface area (Å²) in [4.78, 5) is 14.5. The molecule has 4 nitrogen and oxygen atoms in total. The molecule has 116 valence electrons. The molecule has 1 saturated heterocycles. The van der Waals surface area contributed by atoms with Crippen molar-refractivity contribution < 1.29 is 9.53 Å². The second-order valence-corrected chi connectivity index (χ2v) is 6.12. The maximum atomic E-state index is 12.2. The predicted molar refractivity (Wildman–Crippen MR) is 84.7 cm³/mol. The Balaban J connectivity index is 1.87. The summed E-state index contributed by atoms with van der Waals surface area (Å²) in [6.07, 6.45) is 1.56. The van der Waals surface area contributed by atoms with Crippen molar-refractivity contribution in [1.29, 1.82) is 0 Å². The number of piperidine rings is 1. The minimum Gasteiger partial charge on any atom is -0.481 e. The molecule has 0 spiro atoms. The summed E-state index contributed by atoms with van der Waals surface area (Å²) in [5, 5.41) is 3.10. The number of carbonyl (C=O) groups excluding carboxylic acids is 1. The largest absolute Gasteiger partial charge is 0.481 e. The topological polar surface area (TPSA) is 41.6 Å². The van der Waals surface area contributed by atoms with Crippen LogP contribution in [0.1, 0.15) is 30.9 Å². The van der Waals surface area contributed by atoms with Gasteiger partial charge in [-0.1, -0.05) is 17.7 Å². The highest BCUT2D eigenvalue weighted by molar-refractivity contribution is 5.81. The van der Waals surface area contributed by atoms with Gasteiger partial charge in [0.25, 0.3) is 5.91 Å². The molecule has 0 aromatic heterocycles. The van der Waals surface area contributed by atoms with Crippen LogP contribution in [0.3, 0.4) is 0 Å². The molecular formula is C17H26N2O2. The molecule has 1 aromatic rings. The molecule has 1 fully saturated rings. The number of likely N-dealkylation sites (tertiary alicyclic amines) is 1. The van der Waals surface area contributed by atoms with Gasteiger partial charge in [0.2, 0.25) is 0 Å². The van der Waals surface area contributed by atoms with Crippen LogP contribution in [0.5, 0.6) is 5.75 Å². The van der Waals surface area contributed by atoms with Crippen LogP contribution in [0.2, 0.25) is 0 Å². The van der Waals surface area contributed by atoms with Gasteiger partial charge in [0.05, 0.1) is 0 Å². The smallest absolute Gasteiger partial charge is 0.260 e. The van der Waals surface area contributed by atoms with E-state index in [1.165, 1.54) is 5.56 Å². The van der Waals surface area contributed by atoms with Crippen LogP contribution in [0.25, 0.3) is 0 Å². The molecule has 1 aliphatic rings. The highest BCUT2D eigenvalue weighted by Gasteiger charge is 2.22. The molecule has 1 atom stereocenters. The van der Waals surface area contributed by atoms with Gasteiger partial charge in [0.15, 0.2) is 6.10 Å². The Morgan fingerprint density at radius 2 is 2.00 bits per heavy atom. The van der Waals surface area contributed by atoms with E-state index in [9.17, 15) is 4.79 Å². The van der Waals surface area contributed by atoms with Crippen LogP contribution < -0.4 is 10.1 Å². The van der Waals surface area contributed by atoms with Crippen molar-refractivity contribution in [3.8, 4) is 5.75 Å². The number of aryl methyl sites for hydroxylation is 2. The van der Waals surface area contributed by atoms with E-state index in [0.717, 1.165) is 37.2 Å². The second kappa shape index (κ2) is 6.94. The van der Waals surface area contributed by atoms with Crippen molar-refractivity contribution in [2.24, 2.45) is 0 Å². The molecule has 21 heavy (non-hydrogen) atoms. The van der Waals surface area contributed by atoms with Crippen LogP contribution in [0.4, 0.5) is 0 Å². The molecule has 1 heterocycles. The van der Waals surface area contributed by atoms with Crippen molar-refractivity contribution in [3.63, 3.8) is 0 Å². The average molecular weight is 290 g/mol. The van der Waals surface area contributed by atoms with E-state index in [0.29, 0.717) is 0 Å². The molecule has 0 saturated carbocycles. The lowest BCUT2D eigenvalue weighted by Crippen LogP contribution is -2.47. The Hall–Kier alpha value is -1.55. The van der Waals surface area contributed by atoms with Gasteiger partial charge in [-0.25, -0.2) is 0 Å². The van der Waals surface area contributed by atoms with Crippen LogP contribution in [-0.2, 0) is 4.79 Å². The third kappa shape index (κ3) is 4.46. The number of amides is 1. The first-order valence-electron chi connectivity index (χ1n) is 7.68.